The van der Waals surface area contributed by atoms with Gasteiger partial charge < -0.3 is 31.2 Å². The molecule has 1 aromatic rings. The van der Waals surface area contributed by atoms with Crippen LogP contribution < -0.4 is 16.8 Å². The summed E-state index contributed by atoms with van der Waals surface area (Å²) in [5.74, 6) is -1.18. The molecule has 1 aromatic heterocycles. The van der Waals surface area contributed by atoms with Gasteiger partial charge in [-0.3, -0.25) is 0 Å². The van der Waals surface area contributed by atoms with E-state index in [9.17, 15) is 9.59 Å². The van der Waals surface area contributed by atoms with Gasteiger partial charge in [-0.15, -0.1) is 0 Å². The van der Waals surface area contributed by atoms with Crippen LogP contribution in [0.5, 0.6) is 0 Å². The van der Waals surface area contributed by atoms with Crippen LogP contribution in [0.3, 0.4) is 0 Å². The lowest BCUT2D eigenvalue weighted by Gasteiger charge is -2.21. The summed E-state index contributed by atoms with van der Waals surface area (Å²) in [6, 6.07) is -1.11. The third kappa shape index (κ3) is 9.72. The molecule has 0 spiro atoms. The number of carbonyl (C=O) groups excluding carboxylic acids is 1. The maximum Gasteiger partial charge on any atom is 0.408 e. The number of ether oxygens (including phenoxy) is 1. The number of nitrogens with one attached hydrogen (secondary N) is 1. The van der Waals surface area contributed by atoms with Crippen LogP contribution in [0.2, 0.25) is 0 Å². The van der Waals surface area contributed by atoms with Gasteiger partial charge in [-0.2, -0.15) is 0 Å². The van der Waals surface area contributed by atoms with Gasteiger partial charge in [0.2, 0.25) is 0 Å². The van der Waals surface area contributed by atoms with E-state index in [0.717, 1.165) is 6.54 Å². The first-order valence-electron chi connectivity index (χ1n) is 6.77. The Morgan fingerprint density at radius 1 is 1.41 bits per heavy atom. The molecule has 9 heteroatoms. The minimum absolute atomic E-state index is 0.172. The summed E-state index contributed by atoms with van der Waals surface area (Å²) >= 11 is 0. The number of alkyl carbamates (subject to hydrolysis) is 1. The monoisotopic (exact) mass is 315 g/mol. The molecule has 126 valence electrons. The van der Waals surface area contributed by atoms with Gasteiger partial charge in [0, 0.05) is 32.0 Å². The van der Waals surface area contributed by atoms with E-state index in [1.165, 1.54) is 0 Å². The molecule has 1 amide bonds. The summed E-state index contributed by atoms with van der Waals surface area (Å²) in [4.78, 5) is 25.4. The quantitative estimate of drug-likeness (QED) is 0.586. The smallest absolute Gasteiger partial charge is 0.408 e. The molecule has 0 aliphatic rings. The third-order valence-corrected chi connectivity index (χ3v) is 2.17. The van der Waals surface area contributed by atoms with E-state index in [-0.39, 0.29) is 6.54 Å². The summed E-state index contributed by atoms with van der Waals surface area (Å²) < 4.78 is 6.80. The van der Waals surface area contributed by atoms with Crippen LogP contribution in [0.25, 0.3) is 0 Å². The van der Waals surface area contributed by atoms with E-state index in [1.54, 1.807) is 33.3 Å². The summed E-state index contributed by atoms with van der Waals surface area (Å²) in [6.45, 7) is 6.42. The first kappa shape index (κ1) is 19.9. The van der Waals surface area contributed by atoms with Crippen molar-refractivity contribution in [2.75, 3.05) is 13.1 Å². The number of carbonyl (C=O) groups is 2. The largest absolute Gasteiger partial charge is 0.480 e. The third-order valence-electron chi connectivity index (χ3n) is 2.17. The molecule has 0 aromatic carbocycles. The predicted octanol–water partition coefficient (Wildman–Crippen LogP) is -0.235. The first-order chi connectivity index (χ1) is 10.2. The molecule has 0 fully saturated rings. The zero-order valence-corrected chi connectivity index (χ0v) is 13.2. The topological polar surface area (TPSA) is 145 Å². The van der Waals surface area contributed by atoms with Crippen molar-refractivity contribution in [3.8, 4) is 0 Å². The van der Waals surface area contributed by atoms with Crippen LogP contribution in [0, 0.1) is 0 Å². The minimum atomic E-state index is -1.18. The van der Waals surface area contributed by atoms with Crippen molar-refractivity contribution >= 4 is 12.1 Å². The van der Waals surface area contributed by atoms with Gasteiger partial charge in [0.05, 0.1) is 6.33 Å². The fraction of sp³-hybridized carbons (Fsp3) is 0.615. The average Bonchev–Trinajstić information content (AvgIpc) is 2.87. The molecule has 1 rings (SSSR count). The highest BCUT2D eigenvalue weighted by molar-refractivity contribution is 5.80. The number of nitrogens with two attached hydrogens (primary N) is 2. The summed E-state index contributed by atoms with van der Waals surface area (Å²) in [5, 5.41) is 10.7. The molecule has 0 unspecified atom stereocenters. The maximum absolute atomic E-state index is 11.1. The fourth-order valence-corrected chi connectivity index (χ4v) is 1.24. The standard InChI is InChI=1S/C8H16N2O4.C5H9N3/c1-8(2,3)14-7(13)10-5(4-9)6(11)12;6-1-3-8-4-2-7-5-8/h5H,4,9H2,1-3H3,(H,10,13)(H,11,12);2,4-5H,1,3,6H2/t5-;/m0./s1. The Morgan fingerprint density at radius 2 is 2.05 bits per heavy atom. The zero-order chi connectivity index (χ0) is 17.2. The molecule has 9 nitrogen and oxygen atoms in total. The van der Waals surface area contributed by atoms with Crippen LogP contribution in [-0.4, -0.2) is 51.5 Å². The fourth-order valence-electron chi connectivity index (χ4n) is 1.24. The van der Waals surface area contributed by atoms with Gasteiger partial charge in [0.15, 0.2) is 0 Å². The second kappa shape index (κ2) is 9.74. The summed E-state index contributed by atoms with van der Waals surface area (Å²) in [6.07, 6.45) is 4.62. The van der Waals surface area contributed by atoms with Crippen LogP contribution in [0.15, 0.2) is 18.7 Å². The van der Waals surface area contributed by atoms with Gasteiger partial charge in [-0.1, -0.05) is 0 Å². The number of hydrogen-bond acceptors (Lipinski definition) is 6. The molecule has 6 N–H and O–H groups in total. The van der Waals surface area contributed by atoms with Crippen LogP contribution >= 0.6 is 0 Å². The lowest BCUT2D eigenvalue weighted by molar-refractivity contribution is -0.139. The van der Waals surface area contributed by atoms with Crippen LogP contribution in [0.1, 0.15) is 20.8 Å². The number of carboxylic acids is 1. The molecule has 1 atom stereocenters. The van der Waals surface area contributed by atoms with Crippen LogP contribution in [-0.2, 0) is 16.1 Å². The van der Waals surface area contributed by atoms with Crippen LogP contribution in [0.4, 0.5) is 4.79 Å². The van der Waals surface area contributed by atoms with E-state index in [0.29, 0.717) is 6.54 Å². The number of carboxylic acid groups (broad SMARTS) is 1. The average molecular weight is 315 g/mol. The van der Waals surface area contributed by atoms with Gasteiger partial charge in [0.25, 0.3) is 0 Å². The number of aliphatic carboxylic acids is 1. The van der Waals surface area contributed by atoms with E-state index >= 15 is 0 Å². The first-order valence-corrected chi connectivity index (χ1v) is 6.77. The molecule has 1 heterocycles. The van der Waals surface area contributed by atoms with E-state index in [1.807, 2.05) is 10.8 Å². The lowest BCUT2D eigenvalue weighted by Crippen LogP contribution is -2.47. The number of hydrogen-bond donors (Lipinski definition) is 4. The Balaban J connectivity index is 0.000000461. The highest BCUT2D eigenvalue weighted by Gasteiger charge is 2.22. The predicted molar refractivity (Wildman–Crippen MR) is 81.1 cm³/mol. The van der Waals surface area contributed by atoms with Gasteiger partial charge in [0.1, 0.15) is 11.6 Å². The molecule has 0 saturated heterocycles. The Morgan fingerprint density at radius 3 is 2.41 bits per heavy atom. The minimum Gasteiger partial charge on any atom is -0.480 e. The maximum atomic E-state index is 11.1. The Bertz CT molecular complexity index is 442. The summed E-state index contributed by atoms with van der Waals surface area (Å²) in [7, 11) is 0. The number of aromatic nitrogens is 2. The Hall–Kier alpha value is -2.13. The zero-order valence-electron chi connectivity index (χ0n) is 13.2. The second-order valence-electron chi connectivity index (χ2n) is 5.36. The van der Waals surface area contributed by atoms with Crippen molar-refractivity contribution in [1.29, 1.82) is 0 Å². The van der Waals surface area contributed by atoms with Gasteiger partial charge in [-0.05, 0) is 20.8 Å². The molecule has 0 bridgehead atoms. The van der Waals surface area contributed by atoms with Gasteiger partial charge in [-0.25, -0.2) is 14.6 Å². The molecule has 0 aliphatic heterocycles. The van der Waals surface area contributed by atoms with E-state index in [4.69, 9.17) is 21.3 Å². The van der Waals surface area contributed by atoms with Crippen molar-refractivity contribution in [2.45, 2.75) is 39.0 Å². The lowest BCUT2D eigenvalue weighted by atomic mass is 10.2. The Labute approximate surface area is 129 Å². The van der Waals surface area contributed by atoms with Crippen molar-refractivity contribution in [2.24, 2.45) is 11.5 Å². The number of rotatable bonds is 5. The normalized spacial score (nSPS) is 11.9. The van der Waals surface area contributed by atoms with Gasteiger partial charge >= 0.3 is 12.1 Å². The molecular weight excluding hydrogens is 290 g/mol. The molecule has 22 heavy (non-hydrogen) atoms. The number of amides is 1. The SMILES string of the molecule is CC(C)(C)OC(=O)N[C@@H](CN)C(=O)O.NCCn1ccnc1. The number of nitrogens with zero attached hydrogens (tertiary/aromatic N) is 2. The van der Waals surface area contributed by atoms with Crippen molar-refractivity contribution in [1.82, 2.24) is 14.9 Å². The second-order valence-corrected chi connectivity index (χ2v) is 5.36. The highest BCUT2D eigenvalue weighted by Crippen LogP contribution is 2.06. The Kier molecular flexibility index (Phi) is 8.80. The molecule has 0 aliphatic carbocycles. The molecule has 0 saturated carbocycles. The van der Waals surface area contributed by atoms with Crippen molar-refractivity contribution in [3.05, 3.63) is 18.7 Å². The van der Waals surface area contributed by atoms with Crippen molar-refractivity contribution in [3.63, 3.8) is 0 Å². The number of imidazole rings is 1. The summed E-state index contributed by atoms with van der Waals surface area (Å²) in [5.41, 5.74) is 9.75. The van der Waals surface area contributed by atoms with E-state index in [2.05, 4.69) is 10.3 Å². The van der Waals surface area contributed by atoms with E-state index < -0.39 is 23.7 Å². The molecule has 0 radical (unpaired) electrons. The highest BCUT2D eigenvalue weighted by atomic mass is 16.6. The van der Waals surface area contributed by atoms with Crippen molar-refractivity contribution < 1.29 is 19.4 Å². The molecular formula is C13H25N5O4.